The number of nitrogens with zero attached hydrogens (tertiary/aromatic N) is 1. The van der Waals surface area contributed by atoms with Crippen molar-refractivity contribution in [2.75, 3.05) is 13.1 Å². The molecule has 0 bridgehead atoms. The third kappa shape index (κ3) is 4.94. The van der Waals surface area contributed by atoms with Gasteiger partial charge in [0.2, 0.25) is 0 Å². The van der Waals surface area contributed by atoms with E-state index in [1.807, 2.05) is 30.3 Å². The minimum absolute atomic E-state index is 0.169. The van der Waals surface area contributed by atoms with Gasteiger partial charge in [-0.1, -0.05) is 41.9 Å². The Morgan fingerprint density at radius 2 is 1.30 bits per heavy atom. The molecule has 7 nitrogen and oxygen atoms in total. The first-order valence-electron chi connectivity index (χ1n) is 10.3. The average molecular weight is 462 g/mol. The highest BCUT2D eigenvalue weighted by Crippen LogP contribution is 2.25. The van der Waals surface area contributed by atoms with Gasteiger partial charge in [0.05, 0.1) is 17.7 Å². The molecule has 0 spiro atoms. The first-order chi connectivity index (χ1) is 15.9. The number of benzene rings is 3. The number of nitrogens with one attached hydrogen (secondary N) is 2. The molecule has 0 unspecified atom stereocenters. The van der Waals surface area contributed by atoms with Crippen LogP contribution in [0, 0.1) is 0 Å². The number of hydrogen-bond donors (Lipinski definition) is 2. The molecular weight excluding hydrogens is 442 g/mol. The number of hydrogen-bond acceptors (Lipinski definition) is 4. The number of carbonyl (C=O) groups excluding carboxylic acids is 4. The van der Waals surface area contributed by atoms with Crippen molar-refractivity contribution in [1.29, 1.82) is 0 Å². The molecule has 2 N–H and O–H groups in total. The minimum Gasteiger partial charge on any atom is -0.350 e. The Morgan fingerprint density at radius 1 is 0.727 bits per heavy atom. The highest BCUT2D eigenvalue weighted by Gasteiger charge is 2.35. The SMILES string of the molecule is O=C(NCCNC(=O)c1ccc2c(c1)C(=O)N(Cc1ccccc1)C2=O)c1ccc(Cl)cc1. The summed E-state index contributed by atoms with van der Waals surface area (Å²) in [7, 11) is 0. The largest absolute Gasteiger partial charge is 0.350 e. The number of imide groups is 1. The van der Waals surface area contributed by atoms with Crippen LogP contribution < -0.4 is 10.6 Å². The van der Waals surface area contributed by atoms with E-state index in [1.165, 1.54) is 23.1 Å². The van der Waals surface area contributed by atoms with Crippen LogP contribution in [0.1, 0.15) is 47.0 Å². The summed E-state index contributed by atoms with van der Waals surface area (Å²) in [6.45, 7) is 0.588. The molecule has 4 amide bonds. The molecule has 0 radical (unpaired) electrons. The van der Waals surface area contributed by atoms with Crippen LogP contribution in [0.3, 0.4) is 0 Å². The van der Waals surface area contributed by atoms with Crippen molar-refractivity contribution in [3.8, 4) is 0 Å². The first-order valence-corrected chi connectivity index (χ1v) is 10.7. The predicted molar refractivity (Wildman–Crippen MR) is 123 cm³/mol. The summed E-state index contributed by atoms with van der Waals surface area (Å²) in [4.78, 5) is 51.2. The fraction of sp³-hybridized carbons (Fsp3) is 0.120. The smallest absolute Gasteiger partial charge is 0.261 e. The summed E-state index contributed by atoms with van der Waals surface area (Å²) in [5.74, 6) is -1.49. The van der Waals surface area contributed by atoms with E-state index < -0.39 is 11.8 Å². The Labute approximate surface area is 195 Å². The molecule has 0 saturated carbocycles. The van der Waals surface area contributed by atoms with Crippen molar-refractivity contribution < 1.29 is 19.2 Å². The summed E-state index contributed by atoms with van der Waals surface area (Å²) in [6.07, 6.45) is 0. The first kappa shape index (κ1) is 22.2. The topological polar surface area (TPSA) is 95.6 Å². The zero-order valence-corrected chi connectivity index (χ0v) is 18.3. The van der Waals surface area contributed by atoms with Crippen LogP contribution in [0.15, 0.2) is 72.8 Å². The molecule has 3 aromatic carbocycles. The lowest BCUT2D eigenvalue weighted by molar-refractivity contribution is 0.0641. The fourth-order valence-corrected chi connectivity index (χ4v) is 3.62. The Balaban J connectivity index is 1.34. The number of halogens is 1. The van der Waals surface area contributed by atoms with Crippen molar-refractivity contribution in [3.05, 3.63) is 106 Å². The predicted octanol–water partition coefficient (Wildman–Crippen LogP) is 3.30. The zero-order valence-electron chi connectivity index (χ0n) is 17.5. The minimum atomic E-state index is -0.427. The van der Waals surface area contributed by atoms with Crippen molar-refractivity contribution in [3.63, 3.8) is 0 Å². The maximum atomic E-state index is 12.8. The van der Waals surface area contributed by atoms with E-state index in [-0.39, 0.29) is 48.1 Å². The highest BCUT2D eigenvalue weighted by molar-refractivity contribution is 6.30. The standard InChI is InChI=1S/C25H20ClN3O4/c26-19-9-6-17(7-10-19)22(30)27-12-13-28-23(31)18-8-11-20-21(14-18)25(33)29(24(20)32)15-16-4-2-1-3-5-16/h1-11,14H,12-13,15H2,(H,27,30)(H,28,31). The van der Waals surface area contributed by atoms with Gasteiger partial charge in [-0.25, -0.2) is 0 Å². The van der Waals surface area contributed by atoms with Crippen LogP contribution in [-0.2, 0) is 6.54 Å². The molecule has 8 heteroatoms. The second-order valence-corrected chi connectivity index (χ2v) is 7.90. The number of amides is 4. The van der Waals surface area contributed by atoms with Gasteiger partial charge < -0.3 is 10.6 Å². The van der Waals surface area contributed by atoms with Crippen molar-refractivity contribution >= 4 is 35.2 Å². The van der Waals surface area contributed by atoms with Crippen molar-refractivity contribution in [2.45, 2.75) is 6.54 Å². The van der Waals surface area contributed by atoms with Gasteiger partial charge in [0.1, 0.15) is 0 Å². The third-order valence-corrected chi connectivity index (χ3v) is 5.47. The number of carbonyl (C=O) groups is 4. The van der Waals surface area contributed by atoms with Crippen LogP contribution in [0.5, 0.6) is 0 Å². The Morgan fingerprint density at radius 3 is 1.97 bits per heavy atom. The van der Waals surface area contributed by atoms with E-state index in [1.54, 1.807) is 24.3 Å². The van der Waals surface area contributed by atoms with Crippen LogP contribution in [0.4, 0.5) is 0 Å². The van der Waals surface area contributed by atoms with Crippen LogP contribution in [0.2, 0.25) is 5.02 Å². The van der Waals surface area contributed by atoms with Crippen LogP contribution in [-0.4, -0.2) is 41.6 Å². The summed E-state index contributed by atoms with van der Waals surface area (Å²) >= 11 is 5.81. The second kappa shape index (κ2) is 9.67. The molecule has 0 atom stereocenters. The fourth-order valence-electron chi connectivity index (χ4n) is 3.50. The quantitative estimate of drug-likeness (QED) is 0.417. The van der Waals surface area contributed by atoms with Gasteiger partial charge in [0, 0.05) is 29.2 Å². The van der Waals surface area contributed by atoms with E-state index in [4.69, 9.17) is 11.6 Å². The molecule has 1 aliphatic heterocycles. The summed E-state index contributed by atoms with van der Waals surface area (Å²) < 4.78 is 0. The maximum Gasteiger partial charge on any atom is 0.261 e. The van der Waals surface area contributed by atoms with Gasteiger partial charge in [0.15, 0.2) is 0 Å². The van der Waals surface area contributed by atoms with E-state index >= 15 is 0 Å². The second-order valence-electron chi connectivity index (χ2n) is 7.46. The Kier molecular flexibility index (Phi) is 6.51. The molecule has 0 aliphatic carbocycles. The summed E-state index contributed by atoms with van der Waals surface area (Å²) in [5.41, 5.74) is 2.06. The molecule has 33 heavy (non-hydrogen) atoms. The maximum absolute atomic E-state index is 12.8. The average Bonchev–Trinajstić information content (AvgIpc) is 3.07. The van der Waals surface area contributed by atoms with Crippen LogP contribution in [0.25, 0.3) is 0 Å². The summed E-state index contributed by atoms with van der Waals surface area (Å²) in [5, 5.41) is 5.94. The Bertz CT molecular complexity index is 1230. The van der Waals surface area contributed by atoms with Crippen LogP contribution >= 0.6 is 11.6 Å². The van der Waals surface area contributed by atoms with Gasteiger partial charge >= 0.3 is 0 Å². The Hall–Kier alpha value is -3.97. The van der Waals surface area contributed by atoms with E-state index in [0.29, 0.717) is 10.6 Å². The molecule has 1 heterocycles. The molecule has 1 aliphatic rings. The molecule has 166 valence electrons. The molecule has 0 saturated heterocycles. The van der Waals surface area contributed by atoms with Gasteiger partial charge in [-0.05, 0) is 48.0 Å². The normalized spacial score (nSPS) is 12.5. The molecular formula is C25H20ClN3O4. The lowest BCUT2D eigenvalue weighted by Crippen LogP contribution is -2.34. The van der Waals surface area contributed by atoms with Gasteiger partial charge in [-0.2, -0.15) is 0 Å². The highest BCUT2D eigenvalue weighted by atomic mass is 35.5. The molecule has 4 rings (SSSR count). The van der Waals surface area contributed by atoms with E-state index in [9.17, 15) is 19.2 Å². The van der Waals surface area contributed by atoms with Crippen molar-refractivity contribution in [1.82, 2.24) is 15.5 Å². The van der Waals surface area contributed by atoms with Gasteiger partial charge in [-0.15, -0.1) is 0 Å². The van der Waals surface area contributed by atoms with Crippen molar-refractivity contribution in [2.24, 2.45) is 0 Å². The lowest BCUT2D eigenvalue weighted by Gasteiger charge is -2.13. The number of rotatable bonds is 7. The summed E-state index contributed by atoms with van der Waals surface area (Å²) in [6, 6.07) is 20.1. The zero-order chi connectivity index (χ0) is 23.4. The molecule has 0 fully saturated rings. The van der Waals surface area contributed by atoms with E-state index in [0.717, 1.165) is 5.56 Å². The monoisotopic (exact) mass is 461 g/mol. The van der Waals surface area contributed by atoms with Gasteiger partial charge in [0.25, 0.3) is 23.6 Å². The van der Waals surface area contributed by atoms with Gasteiger partial charge in [-0.3, -0.25) is 24.1 Å². The third-order valence-electron chi connectivity index (χ3n) is 5.22. The molecule has 3 aromatic rings. The molecule has 0 aromatic heterocycles. The lowest BCUT2D eigenvalue weighted by atomic mass is 10.1. The van der Waals surface area contributed by atoms with E-state index in [2.05, 4.69) is 10.6 Å². The number of fused-ring (bicyclic) bond motifs is 1.